The molecule has 0 saturated carbocycles. The van der Waals surface area contributed by atoms with Crippen LogP contribution in [0.25, 0.3) is 11.3 Å². The van der Waals surface area contributed by atoms with Crippen LogP contribution in [-0.4, -0.2) is 27.1 Å². The second-order valence-electron chi connectivity index (χ2n) is 8.61. The first-order valence-electron chi connectivity index (χ1n) is 11.6. The molecule has 0 aliphatic rings. The molecule has 0 fully saturated rings. The Hall–Kier alpha value is -3.51. The number of furan rings is 1. The van der Waals surface area contributed by atoms with E-state index in [4.69, 9.17) is 39.2 Å². The number of carbonyl (C=O) groups is 1. The summed E-state index contributed by atoms with van der Waals surface area (Å²) in [4.78, 5) is 12.5. The Bertz CT molecular complexity index is 1720. The maximum Gasteiger partial charge on any atom is 0.417 e. The zero-order valence-corrected chi connectivity index (χ0v) is 24.0. The first-order chi connectivity index (χ1) is 19.3. The summed E-state index contributed by atoms with van der Waals surface area (Å²) in [6, 6.07) is 16.2. The van der Waals surface area contributed by atoms with Crippen LogP contribution >= 0.6 is 34.8 Å². The Morgan fingerprint density at radius 1 is 0.976 bits per heavy atom. The Balaban J connectivity index is 1.58. The minimum atomic E-state index is -4.86. The van der Waals surface area contributed by atoms with Crippen LogP contribution in [0.5, 0.6) is 0 Å². The van der Waals surface area contributed by atoms with Gasteiger partial charge in [-0.3, -0.25) is 9.10 Å². The van der Waals surface area contributed by atoms with Crippen molar-refractivity contribution in [3.63, 3.8) is 0 Å². The van der Waals surface area contributed by atoms with E-state index < -0.39 is 44.9 Å². The van der Waals surface area contributed by atoms with E-state index in [1.165, 1.54) is 24.3 Å². The summed E-state index contributed by atoms with van der Waals surface area (Å²) in [6.45, 7) is 0.844. The Morgan fingerprint density at radius 2 is 1.68 bits per heavy atom. The third-order valence-electron chi connectivity index (χ3n) is 5.64. The number of hydrogen-bond acceptors (Lipinski definition) is 5. The lowest BCUT2D eigenvalue weighted by molar-refractivity contribution is -0.137. The van der Waals surface area contributed by atoms with Crippen LogP contribution in [0.2, 0.25) is 15.1 Å². The van der Waals surface area contributed by atoms with Crippen LogP contribution in [0.1, 0.15) is 16.9 Å². The first-order valence-corrected chi connectivity index (χ1v) is 14.2. The average molecular weight is 645 g/mol. The second-order valence-corrected chi connectivity index (χ2v) is 11.7. The molecule has 0 aliphatic heterocycles. The Labute approximate surface area is 248 Å². The maximum atomic E-state index is 13.5. The second kappa shape index (κ2) is 12.2. The zero-order chi connectivity index (χ0) is 29.9. The van der Waals surface area contributed by atoms with E-state index in [1.807, 2.05) is 0 Å². The highest BCUT2D eigenvalue weighted by Crippen LogP contribution is 2.38. The predicted molar refractivity (Wildman–Crippen MR) is 152 cm³/mol. The molecule has 0 atom stereocenters. The monoisotopic (exact) mass is 643 g/mol. The molecule has 1 aromatic heterocycles. The van der Waals surface area contributed by atoms with Crippen LogP contribution in [0.3, 0.4) is 0 Å². The van der Waals surface area contributed by atoms with Gasteiger partial charge in [0.05, 0.1) is 32.4 Å². The van der Waals surface area contributed by atoms with E-state index in [2.05, 4.69) is 10.5 Å². The summed E-state index contributed by atoms with van der Waals surface area (Å²) in [5.74, 6) is -0.311. The van der Waals surface area contributed by atoms with Gasteiger partial charge < -0.3 is 4.42 Å². The highest BCUT2D eigenvalue weighted by atomic mass is 35.5. The normalized spacial score (nSPS) is 12.1. The lowest BCUT2D eigenvalue weighted by Crippen LogP contribution is -2.39. The minimum absolute atomic E-state index is 0.225. The summed E-state index contributed by atoms with van der Waals surface area (Å²) in [6.07, 6.45) is -3.70. The van der Waals surface area contributed by atoms with Crippen LogP contribution in [0.4, 0.5) is 18.9 Å². The number of anilines is 1. The van der Waals surface area contributed by atoms with Crippen molar-refractivity contribution in [2.45, 2.75) is 18.0 Å². The Morgan fingerprint density at radius 3 is 2.34 bits per heavy atom. The number of halogens is 6. The molecular weight excluding hydrogens is 626 g/mol. The van der Waals surface area contributed by atoms with Gasteiger partial charge in [-0.05, 0) is 67.6 Å². The van der Waals surface area contributed by atoms with Crippen molar-refractivity contribution >= 4 is 62.6 Å². The van der Waals surface area contributed by atoms with Crippen molar-refractivity contribution in [2.75, 3.05) is 10.8 Å². The number of nitrogens with zero attached hydrogens (tertiary/aromatic N) is 2. The van der Waals surface area contributed by atoms with Gasteiger partial charge in [0.25, 0.3) is 15.9 Å². The van der Waals surface area contributed by atoms with Gasteiger partial charge in [0, 0.05) is 10.6 Å². The average Bonchev–Trinajstić information content (AvgIpc) is 3.36. The van der Waals surface area contributed by atoms with Gasteiger partial charge in [-0.2, -0.15) is 18.3 Å². The number of aryl methyl sites for hydroxylation is 1. The molecule has 3 aromatic carbocycles. The SMILES string of the molecule is Cc1ccc(S(=O)(=O)N(CC(=O)N/N=C\c2ccc(-c3ccc(Cl)cc3Cl)o2)c2ccc(Cl)c(C(F)(F)F)c2)cc1. The smallest absolute Gasteiger partial charge is 0.417 e. The predicted octanol–water partition coefficient (Wildman–Crippen LogP) is 7.58. The van der Waals surface area contributed by atoms with Gasteiger partial charge in [-0.25, -0.2) is 13.8 Å². The fraction of sp³-hybridized carbons (Fsp3) is 0.111. The lowest BCUT2D eigenvalue weighted by Gasteiger charge is -2.25. The number of hydrazone groups is 1. The van der Waals surface area contributed by atoms with Crippen molar-refractivity contribution in [3.8, 4) is 11.3 Å². The van der Waals surface area contributed by atoms with E-state index >= 15 is 0 Å². The van der Waals surface area contributed by atoms with E-state index in [0.717, 1.165) is 23.9 Å². The van der Waals surface area contributed by atoms with Crippen molar-refractivity contribution in [1.29, 1.82) is 0 Å². The molecule has 1 N–H and O–H groups in total. The van der Waals surface area contributed by atoms with Crippen molar-refractivity contribution < 1.29 is 30.8 Å². The van der Waals surface area contributed by atoms with Crippen molar-refractivity contribution in [3.05, 3.63) is 105 Å². The molecule has 4 aromatic rings. The van der Waals surface area contributed by atoms with Gasteiger partial charge in [0.1, 0.15) is 18.1 Å². The van der Waals surface area contributed by atoms with Crippen LogP contribution in [-0.2, 0) is 21.0 Å². The highest BCUT2D eigenvalue weighted by molar-refractivity contribution is 7.92. The van der Waals surface area contributed by atoms with E-state index in [1.54, 1.807) is 37.3 Å². The summed E-state index contributed by atoms with van der Waals surface area (Å²) >= 11 is 17.8. The number of rotatable bonds is 8. The summed E-state index contributed by atoms with van der Waals surface area (Å²) in [7, 11) is -4.48. The number of benzene rings is 3. The summed E-state index contributed by atoms with van der Waals surface area (Å²) in [5.41, 5.74) is 1.81. The fourth-order valence-electron chi connectivity index (χ4n) is 3.63. The third-order valence-corrected chi connectivity index (χ3v) is 8.31. The number of nitrogens with one attached hydrogen (secondary N) is 1. The number of hydrogen-bond donors (Lipinski definition) is 1. The summed E-state index contributed by atoms with van der Waals surface area (Å²) in [5, 5.41) is 3.95. The highest BCUT2D eigenvalue weighted by Gasteiger charge is 2.35. The van der Waals surface area contributed by atoms with Gasteiger partial charge in [-0.1, -0.05) is 52.5 Å². The molecule has 0 spiro atoms. The standard InChI is InChI=1S/C27H19Cl3F3N3O4S/c1-16-2-7-20(8-3-16)41(38,39)36(18-5-10-23(29)22(13-18)27(31,32)33)15-26(37)35-34-14-19-6-11-25(40-19)21-9-4-17(28)12-24(21)30/h2-14H,15H2,1H3,(H,35,37)/b34-14-. The van der Waals surface area contributed by atoms with Crippen molar-refractivity contribution in [2.24, 2.45) is 5.10 Å². The molecule has 0 bridgehead atoms. The first kappa shape index (κ1) is 30.4. The van der Waals surface area contributed by atoms with Crippen LogP contribution in [0, 0.1) is 6.92 Å². The molecule has 1 amide bonds. The molecule has 7 nitrogen and oxygen atoms in total. The molecule has 1 heterocycles. The van der Waals surface area contributed by atoms with Crippen LogP contribution < -0.4 is 9.73 Å². The molecule has 4 rings (SSSR count). The number of carbonyl (C=O) groups excluding carboxylic acids is 1. The largest absolute Gasteiger partial charge is 0.455 e. The van der Waals surface area contributed by atoms with Gasteiger partial charge in [-0.15, -0.1) is 0 Å². The van der Waals surface area contributed by atoms with Gasteiger partial charge in [0.15, 0.2) is 0 Å². The number of sulfonamides is 1. The molecule has 0 unspecified atom stereocenters. The maximum absolute atomic E-state index is 13.5. The summed E-state index contributed by atoms with van der Waals surface area (Å²) < 4.78 is 73.7. The fourth-order valence-corrected chi connectivity index (χ4v) is 5.77. The molecule has 214 valence electrons. The quantitative estimate of drug-likeness (QED) is 0.158. The van der Waals surface area contributed by atoms with Gasteiger partial charge in [0.2, 0.25) is 0 Å². The van der Waals surface area contributed by atoms with E-state index in [-0.39, 0.29) is 10.7 Å². The van der Waals surface area contributed by atoms with E-state index in [9.17, 15) is 26.4 Å². The lowest BCUT2D eigenvalue weighted by atomic mass is 10.2. The molecule has 0 radical (unpaired) electrons. The van der Waals surface area contributed by atoms with E-state index in [0.29, 0.717) is 31.7 Å². The number of amides is 1. The van der Waals surface area contributed by atoms with Crippen molar-refractivity contribution in [1.82, 2.24) is 5.43 Å². The molecule has 0 saturated heterocycles. The number of alkyl halides is 3. The molecule has 14 heteroatoms. The third kappa shape index (κ3) is 7.23. The molecule has 0 aliphatic carbocycles. The van der Waals surface area contributed by atoms with Crippen LogP contribution in [0.15, 0.2) is 87.2 Å². The Kier molecular flexibility index (Phi) is 9.03. The van der Waals surface area contributed by atoms with Gasteiger partial charge >= 0.3 is 6.18 Å². The molecular formula is C27H19Cl3F3N3O4S. The topological polar surface area (TPSA) is 92.0 Å². The minimum Gasteiger partial charge on any atom is -0.455 e. The molecule has 41 heavy (non-hydrogen) atoms. The zero-order valence-electron chi connectivity index (χ0n) is 20.9.